The Labute approximate surface area is 86.2 Å². The number of rotatable bonds is 5. The Kier molecular flexibility index (Phi) is 5.98. The predicted octanol–water partition coefficient (Wildman–Crippen LogP) is 1.33. The number of hydrogen-bond donors (Lipinski definition) is 1. The van der Waals surface area contributed by atoms with Gasteiger partial charge in [-0.1, -0.05) is 0 Å². The largest absolute Gasteiger partial charge is 0.378 e. The first-order valence-corrected chi connectivity index (χ1v) is 4.73. The minimum absolute atomic E-state index is 0.00903. The lowest BCUT2D eigenvalue weighted by molar-refractivity contribution is -0.126. The fourth-order valence-corrected chi connectivity index (χ4v) is 0.911. The van der Waals surface area contributed by atoms with Crippen molar-refractivity contribution in [3.8, 4) is 11.8 Å². The lowest BCUT2D eigenvalue weighted by Gasteiger charge is -2.21. The predicted molar refractivity (Wildman–Crippen MR) is 56.8 cm³/mol. The van der Waals surface area contributed by atoms with Crippen LogP contribution in [0.4, 0.5) is 0 Å². The summed E-state index contributed by atoms with van der Waals surface area (Å²) >= 11 is 0. The van der Waals surface area contributed by atoms with Crippen molar-refractivity contribution in [2.24, 2.45) is 0 Å². The molecule has 0 aliphatic heterocycles. The maximum atomic E-state index is 11.3. The Bertz CT molecular complexity index is 235. The van der Waals surface area contributed by atoms with Crippen LogP contribution in [-0.2, 0) is 9.53 Å². The van der Waals surface area contributed by atoms with Gasteiger partial charge in [-0.25, -0.2) is 0 Å². The van der Waals surface area contributed by atoms with E-state index < -0.39 is 0 Å². The summed E-state index contributed by atoms with van der Waals surface area (Å²) in [7, 11) is 1.61. The van der Waals surface area contributed by atoms with Crippen molar-refractivity contribution in [2.45, 2.75) is 39.2 Å². The van der Waals surface area contributed by atoms with Crippen molar-refractivity contribution < 1.29 is 9.53 Å². The fourth-order valence-electron chi connectivity index (χ4n) is 0.911. The number of amides is 1. The van der Waals surface area contributed by atoms with Gasteiger partial charge < -0.3 is 10.1 Å². The van der Waals surface area contributed by atoms with E-state index in [9.17, 15) is 4.79 Å². The van der Waals surface area contributed by atoms with Gasteiger partial charge in [0.15, 0.2) is 0 Å². The molecule has 3 nitrogen and oxygen atoms in total. The van der Waals surface area contributed by atoms with E-state index >= 15 is 0 Å². The van der Waals surface area contributed by atoms with Crippen molar-refractivity contribution in [3.05, 3.63) is 0 Å². The van der Waals surface area contributed by atoms with Crippen LogP contribution in [0.1, 0.15) is 33.6 Å². The van der Waals surface area contributed by atoms with Gasteiger partial charge in [-0.3, -0.25) is 4.79 Å². The normalized spacial score (nSPS) is 10.3. The second kappa shape index (κ2) is 6.44. The Morgan fingerprint density at radius 1 is 1.50 bits per heavy atom. The molecular formula is C11H19NO2. The molecule has 0 aromatic rings. The third-order valence-electron chi connectivity index (χ3n) is 1.89. The lowest BCUT2D eigenvalue weighted by Crippen LogP contribution is -2.34. The first-order valence-electron chi connectivity index (χ1n) is 4.73. The van der Waals surface area contributed by atoms with Crippen LogP contribution < -0.4 is 5.32 Å². The summed E-state index contributed by atoms with van der Waals surface area (Å²) in [5, 5.41) is 2.79. The van der Waals surface area contributed by atoms with E-state index in [0.717, 1.165) is 0 Å². The molecule has 0 aromatic heterocycles. The Morgan fingerprint density at radius 3 is 2.64 bits per heavy atom. The maximum Gasteiger partial charge on any atom is 0.222 e. The molecule has 0 bridgehead atoms. The number of nitrogens with one attached hydrogen (secondary N) is 1. The number of hydrogen-bond acceptors (Lipinski definition) is 2. The molecule has 0 aromatic carbocycles. The van der Waals surface area contributed by atoms with Crippen LogP contribution in [0, 0.1) is 11.8 Å². The molecule has 1 amide bonds. The number of carbonyl (C=O) groups excluding carboxylic acids is 1. The third kappa shape index (κ3) is 6.50. The number of methoxy groups -OCH3 is 1. The van der Waals surface area contributed by atoms with Crippen LogP contribution in [0.3, 0.4) is 0 Å². The summed E-state index contributed by atoms with van der Waals surface area (Å²) in [5.74, 6) is 5.67. The van der Waals surface area contributed by atoms with Crippen LogP contribution in [0.15, 0.2) is 0 Å². The molecule has 1 N–H and O–H groups in total. The second-order valence-corrected chi connectivity index (χ2v) is 3.67. The smallest absolute Gasteiger partial charge is 0.222 e. The van der Waals surface area contributed by atoms with Crippen molar-refractivity contribution in [1.29, 1.82) is 0 Å². The average Bonchev–Trinajstić information content (AvgIpc) is 2.12. The zero-order valence-corrected chi connectivity index (χ0v) is 9.44. The van der Waals surface area contributed by atoms with Crippen molar-refractivity contribution >= 4 is 5.91 Å². The highest BCUT2D eigenvalue weighted by Crippen LogP contribution is 2.11. The summed E-state index contributed by atoms with van der Waals surface area (Å²) in [6.07, 6.45) is 1.08. The Hall–Kier alpha value is -1.01. The molecule has 0 rings (SSSR count). The molecule has 0 saturated carbocycles. The molecule has 0 aliphatic rings. The minimum Gasteiger partial charge on any atom is -0.378 e. The van der Waals surface area contributed by atoms with Gasteiger partial charge in [-0.05, 0) is 20.8 Å². The highest BCUT2D eigenvalue weighted by molar-refractivity contribution is 5.76. The number of carbonyl (C=O) groups is 1. The van der Waals surface area contributed by atoms with Gasteiger partial charge in [-0.15, -0.1) is 11.8 Å². The van der Waals surface area contributed by atoms with E-state index in [-0.39, 0.29) is 11.5 Å². The van der Waals surface area contributed by atoms with Gasteiger partial charge in [0.1, 0.15) is 0 Å². The van der Waals surface area contributed by atoms with Gasteiger partial charge in [0.05, 0.1) is 12.0 Å². The number of ether oxygens (including phenoxy) is 1. The van der Waals surface area contributed by atoms with Crippen molar-refractivity contribution in [3.63, 3.8) is 0 Å². The topological polar surface area (TPSA) is 38.3 Å². The molecule has 0 atom stereocenters. The van der Waals surface area contributed by atoms with E-state index in [0.29, 0.717) is 19.4 Å². The van der Waals surface area contributed by atoms with Gasteiger partial charge in [0.25, 0.3) is 0 Å². The van der Waals surface area contributed by atoms with Gasteiger partial charge in [0.2, 0.25) is 5.91 Å². The molecule has 3 heteroatoms. The molecule has 0 radical (unpaired) electrons. The minimum atomic E-state index is -0.388. The van der Waals surface area contributed by atoms with Gasteiger partial charge >= 0.3 is 0 Å². The summed E-state index contributed by atoms with van der Waals surface area (Å²) in [5.41, 5.74) is -0.388. The fraction of sp³-hybridized carbons (Fsp3) is 0.727. The standard InChI is InChI=1S/C11H19NO2/c1-5-6-7-8-12-10(13)9-11(2,3)14-4/h7-9H2,1-4H3,(H,12,13). The molecule has 80 valence electrons. The zero-order valence-electron chi connectivity index (χ0n) is 9.44. The second-order valence-electron chi connectivity index (χ2n) is 3.67. The van der Waals surface area contributed by atoms with E-state index in [1.54, 1.807) is 14.0 Å². The van der Waals surface area contributed by atoms with E-state index in [1.807, 2.05) is 13.8 Å². The summed E-state index contributed by atoms with van der Waals surface area (Å²) < 4.78 is 5.15. The molecular weight excluding hydrogens is 178 g/mol. The van der Waals surface area contributed by atoms with Crippen LogP contribution in [0.25, 0.3) is 0 Å². The summed E-state index contributed by atoms with van der Waals surface area (Å²) in [4.78, 5) is 11.3. The van der Waals surface area contributed by atoms with Gasteiger partial charge in [-0.2, -0.15) is 0 Å². The first kappa shape index (κ1) is 13.0. The van der Waals surface area contributed by atoms with Crippen LogP contribution in [-0.4, -0.2) is 25.2 Å². The SMILES string of the molecule is CC#CCCNC(=O)CC(C)(C)OC. The van der Waals surface area contributed by atoms with Crippen molar-refractivity contribution in [2.75, 3.05) is 13.7 Å². The average molecular weight is 197 g/mol. The highest BCUT2D eigenvalue weighted by Gasteiger charge is 2.20. The molecule has 0 heterocycles. The Balaban J connectivity index is 3.69. The van der Waals surface area contributed by atoms with E-state index in [2.05, 4.69) is 17.2 Å². The molecule has 0 unspecified atom stereocenters. The third-order valence-corrected chi connectivity index (χ3v) is 1.89. The Morgan fingerprint density at radius 2 is 2.14 bits per heavy atom. The van der Waals surface area contributed by atoms with E-state index in [1.165, 1.54) is 0 Å². The van der Waals surface area contributed by atoms with E-state index in [4.69, 9.17) is 4.74 Å². The quantitative estimate of drug-likeness (QED) is 0.533. The molecule has 0 spiro atoms. The highest BCUT2D eigenvalue weighted by atomic mass is 16.5. The van der Waals surface area contributed by atoms with Gasteiger partial charge in [0, 0.05) is 20.1 Å². The maximum absolute atomic E-state index is 11.3. The summed E-state index contributed by atoms with van der Waals surface area (Å²) in [6, 6.07) is 0. The monoisotopic (exact) mass is 197 g/mol. The molecule has 0 aliphatic carbocycles. The first-order chi connectivity index (χ1) is 6.52. The molecule has 0 fully saturated rings. The van der Waals surface area contributed by atoms with Crippen LogP contribution in [0.5, 0.6) is 0 Å². The zero-order chi connectivity index (χ0) is 11.0. The lowest BCUT2D eigenvalue weighted by atomic mass is 10.1. The summed E-state index contributed by atoms with van der Waals surface area (Å²) in [6.45, 7) is 6.17. The molecule has 14 heavy (non-hydrogen) atoms. The van der Waals surface area contributed by atoms with Crippen molar-refractivity contribution in [1.82, 2.24) is 5.32 Å². The van der Waals surface area contributed by atoms with Crippen LogP contribution >= 0.6 is 0 Å². The molecule has 0 saturated heterocycles. The van der Waals surface area contributed by atoms with Crippen LogP contribution in [0.2, 0.25) is 0 Å².